The Bertz CT molecular complexity index is 708. The molecular weight excluding hydrogens is 284 g/mol. The van der Waals surface area contributed by atoms with Crippen molar-refractivity contribution >= 4 is 14.6 Å². The van der Waals surface area contributed by atoms with Crippen LogP contribution in [-0.2, 0) is 0 Å². The average Bonchev–Trinajstić information content (AvgIpc) is 2.57. The summed E-state index contributed by atoms with van der Waals surface area (Å²) < 4.78 is 0.0937. The fraction of sp³-hybridized carbons (Fsp3) is 0.381. The summed E-state index contributed by atoms with van der Waals surface area (Å²) in [6, 6.07) is 0. The van der Waals surface area contributed by atoms with Crippen LogP contribution in [0.2, 0.25) is 0 Å². The molecule has 1 atom stereocenters. The van der Waals surface area contributed by atoms with Gasteiger partial charge in [0.25, 0.3) is 0 Å². The minimum atomic E-state index is -2.16. The second kappa shape index (κ2) is 5.38. The second-order valence-electron chi connectivity index (χ2n) is 7.13. The van der Waals surface area contributed by atoms with E-state index in [2.05, 4.69) is 73.9 Å². The highest BCUT2D eigenvalue weighted by molar-refractivity contribution is 8.52. The van der Waals surface area contributed by atoms with Gasteiger partial charge >= 0.3 is 0 Å². The van der Waals surface area contributed by atoms with Crippen LogP contribution in [0, 0.1) is 0 Å². The van der Waals surface area contributed by atoms with Crippen LogP contribution in [0.3, 0.4) is 0 Å². The third kappa shape index (κ3) is 2.10. The van der Waals surface area contributed by atoms with Gasteiger partial charge in [0.05, 0.1) is 0 Å². The summed E-state index contributed by atoms with van der Waals surface area (Å²) in [6.07, 6.45) is 31.4. The van der Waals surface area contributed by atoms with Crippen LogP contribution in [0.5, 0.6) is 0 Å². The van der Waals surface area contributed by atoms with E-state index in [1.54, 1.807) is 4.91 Å². The van der Waals surface area contributed by atoms with Crippen molar-refractivity contribution in [3.05, 3.63) is 70.6 Å². The Morgan fingerprint density at radius 2 is 1.91 bits per heavy atom. The molecule has 0 spiro atoms. The highest BCUT2D eigenvalue weighted by Gasteiger charge is 2.47. The molecule has 0 heterocycles. The van der Waals surface area contributed by atoms with E-state index >= 15 is 0 Å². The van der Waals surface area contributed by atoms with Crippen molar-refractivity contribution in [1.29, 1.82) is 0 Å². The predicted octanol–water partition coefficient (Wildman–Crippen LogP) is 6.13. The van der Waals surface area contributed by atoms with Crippen LogP contribution in [0.15, 0.2) is 70.6 Å². The Hall–Kier alpha value is -1.34. The molecule has 0 saturated heterocycles. The van der Waals surface area contributed by atoms with Gasteiger partial charge in [0, 0.05) is 4.75 Å². The number of hydrogen-bond donors (Lipinski definition) is 0. The van der Waals surface area contributed by atoms with Crippen LogP contribution >= 0.6 is 8.75 Å². The summed E-state index contributed by atoms with van der Waals surface area (Å²) in [6.45, 7) is 2.42. The van der Waals surface area contributed by atoms with E-state index in [9.17, 15) is 0 Å². The number of rotatable bonds is 3. The molecule has 0 saturated carbocycles. The molecule has 0 aromatic heterocycles. The molecule has 22 heavy (non-hydrogen) atoms. The van der Waals surface area contributed by atoms with Crippen molar-refractivity contribution < 1.29 is 0 Å². The number of allylic oxidation sites excluding steroid dienone is 10. The van der Waals surface area contributed by atoms with Gasteiger partial charge in [-0.2, -0.15) is 0 Å². The molecule has 0 aromatic carbocycles. The summed E-state index contributed by atoms with van der Waals surface area (Å²) >= 11 is 0. The van der Waals surface area contributed by atoms with Gasteiger partial charge in [0.1, 0.15) is 0 Å². The third-order valence-electron chi connectivity index (χ3n) is 5.77. The molecule has 0 fully saturated rings. The van der Waals surface area contributed by atoms with E-state index in [-0.39, 0.29) is 4.75 Å². The maximum absolute atomic E-state index is 5.05. The lowest BCUT2D eigenvalue weighted by atomic mass is 10.0. The van der Waals surface area contributed by atoms with Crippen molar-refractivity contribution in [2.45, 2.75) is 43.8 Å². The zero-order valence-electron chi connectivity index (χ0n) is 13.9. The first kappa shape index (κ1) is 15.6. The van der Waals surface area contributed by atoms with E-state index in [0.29, 0.717) is 0 Å². The van der Waals surface area contributed by atoms with Gasteiger partial charge in [-0.3, -0.25) is 0 Å². The van der Waals surface area contributed by atoms with E-state index in [0.717, 1.165) is 32.1 Å². The average molecular weight is 313 g/mol. The van der Waals surface area contributed by atoms with Gasteiger partial charge < -0.3 is 0 Å². The molecule has 0 nitrogen and oxygen atoms in total. The molecule has 0 N–H and O–H groups in total. The first-order valence-corrected chi connectivity index (χ1v) is 10.9. The maximum Gasteiger partial charge on any atom is 0.0225 e. The van der Waals surface area contributed by atoms with Crippen molar-refractivity contribution in [3.8, 4) is 0 Å². The fourth-order valence-corrected chi connectivity index (χ4v) is 8.46. The molecule has 0 aliphatic heterocycles. The van der Waals surface area contributed by atoms with Crippen LogP contribution in [0.25, 0.3) is 0 Å². The van der Waals surface area contributed by atoms with E-state index < -0.39 is 8.75 Å². The zero-order valence-corrected chi connectivity index (χ0v) is 14.7. The van der Waals surface area contributed by atoms with Gasteiger partial charge in [-0.25, -0.2) is 8.75 Å². The second-order valence-corrected chi connectivity index (χ2v) is 12.3. The molecule has 3 aliphatic carbocycles. The predicted molar refractivity (Wildman–Crippen MR) is 105 cm³/mol. The minimum Gasteiger partial charge on any atom is -0.202 e. The van der Waals surface area contributed by atoms with Crippen LogP contribution in [-0.4, -0.2) is 16.9 Å². The van der Waals surface area contributed by atoms with Gasteiger partial charge in [-0.15, -0.1) is 0 Å². The third-order valence-corrected chi connectivity index (χ3v) is 11.9. The molecule has 0 radical (unpaired) electrons. The summed E-state index contributed by atoms with van der Waals surface area (Å²) in [5, 5.41) is 0. The Morgan fingerprint density at radius 1 is 1.05 bits per heavy atom. The highest BCUT2D eigenvalue weighted by atomic mass is 32.3. The standard InChI is InChI=1S/C21H28S/c1-21(17-11-6-12-18-21)22(2,3,19-13-7-4-8-14-19)20-15-9-5-10-16-20/h4,6-7,9,11-13,15-17H,2,5,8,10,14,18H2,1,3H3. The summed E-state index contributed by atoms with van der Waals surface area (Å²) in [4.78, 5) is 3.06. The zero-order chi connectivity index (χ0) is 15.7. The molecule has 0 aromatic rings. The molecule has 0 amide bonds. The lowest BCUT2D eigenvalue weighted by Gasteiger charge is -2.61. The molecule has 1 heteroatoms. The Labute approximate surface area is 135 Å². The van der Waals surface area contributed by atoms with Gasteiger partial charge in [0.15, 0.2) is 0 Å². The summed E-state index contributed by atoms with van der Waals surface area (Å²) in [5.41, 5.74) is 0. The Morgan fingerprint density at radius 3 is 2.50 bits per heavy atom. The number of hydrogen-bond acceptors (Lipinski definition) is 0. The lowest BCUT2D eigenvalue weighted by molar-refractivity contribution is 0.781. The van der Waals surface area contributed by atoms with Gasteiger partial charge in [0.2, 0.25) is 0 Å². The molecular formula is C21H28S. The molecule has 3 aliphatic rings. The molecule has 3 rings (SSSR count). The molecule has 118 valence electrons. The molecule has 1 unspecified atom stereocenters. The Balaban J connectivity index is 2.25. The van der Waals surface area contributed by atoms with Crippen molar-refractivity contribution in [1.82, 2.24) is 0 Å². The van der Waals surface area contributed by atoms with E-state index in [1.165, 1.54) is 4.91 Å². The van der Waals surface area contributed by atoms with E-state index in [1.807, 2.05) is 0 Å². The van der Waals surface area contributed by atoms with Gasteiger partial charge in [-0.05, 0) is 55.1 Å². The normalized spacial score (nSPS) is 29.6. The van der Waals surface area contributed by atoms with Crippen LogP contribution in [0.1, 0.15) is 39.0 Å². The monoisotopic (exact) mass is 312 g/mol. The van der Waals surface area contributed by atoms with Gasteiger partial charge in [-0.1, -0.05) is 66.6 Å². The fourth-order valence-electron chi connectivity index (χ4n) is 3.88. The van der Waals surface area contributed by atoms with Crippen molar-refractivity contribution in [2.75, 3.05) is 6.26 Å². The van der Waals surface area contributed by atoms with Crippen molar-refractivity contribution in [2.24, 2.45) is 0 Å². The minimum absolute atomic E-state index is 0.0937. The summed E-state index contributed by atoms with van der Waals surface area (Å²) in [5.74, 6) is 5.05. The Kier molecular flexibility index (Phi) is 3.81. The first-order chi connectivity index (χ1) is 10.5. The lowest BCUT2D eigenvalue weighted by Crippen LogP contribution is -2.37. The highest BCUT2D eigenvalue weighted by Crippen LogP contribution is 2.78. The smallest absolute Gasteiger partial charge is 0.0225 e. The van der Waals surface area contributed by atoms with Crippen LogP contribution < -0.4 is 0 Å². The SMILES string of the molecule is C=S(C)(C1=CCCC=C1)(C1=CC=CCC1)C1(C)C=CC=CC1. The largest absolute Gasteiger partial charge is 0.202 e. The quantitative estimate of drug-likeness (QED) is 0.550. The van der Waals surface area contributed by atoms with Crippen LogP contribution in [0.4, 0.5) is 0 Å². The summed E-state index contributed by atoms with van der Waals surface area (Å²) in [7, 11) is -2.16. The van der Waals surface area contributed by atoms with Crippen molar-refractivity contribution in [3.63, 3.8) is 0 Å². The maximum atomic E-state index is 5.05. The van der Waals surface area contributed by atoms with E-state index in [4.69, 9.17) is 5.87 Å². The first-order valence-electron chi connectivity index (χ1n) is 8.30. The molecule has 0 bridgehead atoms. The topological polar surface area (TPSA) is 0 Å².